The van der Waals surface area contributed by atoms with Crippen LogP contribution < -0.4 is 5.32 Å². The van der Waals surface area contributed by atoms with Gasteiger partial charge in [-0.2, -0.15) is 0 Å². The average Bonchev–Trinajstić information content (AvgIpc) is 3.17. The Balaban J connectivity index is 1.61. The molecule has 0 aromatic carbocycles. The zero-order valence-electron chi connectivity index (χ0n) is 11.7. The molecule has 0 spiro atoms. The molecular weight excluding hydrogens is 306 g/mol. The second kappa shape index (κ2) is 6.19. The zero-order chi connectivity index (χ0) is 15.5. The molecule has 0 bridgehead atoms. The van der Waals surface area contributed by atoms with Gasteiger partial charge in [0.2, 0.25) is 0 Å². The molecule has 2 aromatic rings. The van der Waals surface area contributed by atoms with Gasteiger partial charge in [-0.25, -0.2) is 4.98 Å². The van der Waals surface area contributed by atoms with Crippen molar-refractivity contribution in [2.45, 2.75) is 12.3 Å². The Kier molecular flexibility index (Phi) is 4.11. The van der Waals surface area contributed by atoms with Gasteiger partial charge in [0.15, 0.2) is 0 Å². The minimum atomic E-state index is -0.678. The predicted molar refractivity (Wildman–Crippen MR) is 80.5 cm³/mol. The second-order valence-corrected chi connectivity index (χ2v) is 5.46. The van der Waals surface area contributed by atoms with Gasteiger partial charge >= 0.3 is 11.8 Å². The van der Waals surface area contributed by atoms with Gasteiger partial charge < -0.3 is 14.6 Å². The van der Waals surface area contributed by atoms with E-state index in [1.807, 2.05) is 12.1 Å². The molecule has 1 fully saturated rings. The molecule has 7 heteroatoms. The molecule has 1 aliphatic heterocycles. The average molecular weight is 320 g/mol. The molecule has 2 amide bonds. The van der Waals surface area contributed by atoms with Gasteiger partial charge in [0.1, 0.15) is 10.9 Å². The maximum atomic E-state index is 12.2. The fourth-order valence-corrected chi connectivity index (χ4v) is 2.68. The molecule has 0 aliphatic carbocycles. The number of nitrogens with zero attached hydrogens (tertiary/aromatic N) is 2. The van der Waals surface area contributed by atoms with Crippen LogP contribution in [0.4, 0.5) is 5.69 Å². The molecule has 1 atom stereocenters. The van der Waals surface area contributed by atoms with Crippen LogP contribution in [-0.2, 0) is 9.59 Å². The maximum Gasteiger partial charge on any atom is 0.313 e. The summed E-state index contributed by atoms with van der Waals surface area (Å²) in [5.74, 6) is -0.247. The smallest absolute Gasteiger partial charge is 0.313 e. The summed E-state index contributed by atoms with van der Waals surface area (Å²) < 4.78 is 5.35. The summed E-state index contributed by atoms with van der Waals surface area (Å²) in [6.45, 7) is 1.02. The second-order valence-electron chi connectivity index (χ2n) is 5.07. The van der Waals surface area contributed by atoms with Gasteiger partial charge in [0.05, 0.1) is 6.26 Å². The summed E-state index contributed by atoms with van der Waals surface area (Å²) in [6.07, 6.45) is 3.86. The van der Waals surface area contributed by atoms with Crippen molar-refractivity contribution in [1.82, 2.24) is 9.88 Å². The molecule has 114 valence electrons. The fourth-order valence-electron chi connectivity index (χ4n) is 2.51. The van der Waals surface area contributed by atoms with E-state index < -0.39 is 11.8 Å². The molecule has 22 heavy (non-hydrogen) atoms. The normalized spacial score (nSPS) is 17.5. The summed E-state index contributed by atoms with van der Waals surface area (Å²) >= 11 is 5.74. The van der Waals surface area contributed by atoms with E-state index in [9.17, 15) is 9.59 Å². The van der Waals surface area contributed by atoms with E-state index >= 15 is 0 Å². The van der Waals surface area contributed by atoms with Crippen molar-refractivity contribution in [3.8, 4) is 0 Å². The number of carbonyl (C=O) groups excluding carboxylic acids is 2. The first-order valence-corrected chi connectivity index (χ1v) is 7.26. The number of rotatable bonds is 2. The van der Waals surface area contributed by atoms with Crippen molar-refractivity contribution in [2.75, 3.05) is 18.4 Å². The quantitative estimate of drug-likeness (QED) is 0.680. The number of nitrogens with one attached hydrogen (secondary N) is 1. The third kappa shape index (κ3) is 3.12. The Morgan fingerprint density at radius 2 is 2.27 bits per heavy atom. The van der Waals surface area contributed by atoms with Gasteiger partial charge in [0, 0.05) is 30.9 Å². The largest absolute Gasteiger partial charge is 0.469 e. The van der Waals surface area contributed by atoms with Crippen LogP contribution in [0.3, 0.4) is 0 Å². The van der Waals surface area contributed by atoms with Gasteiger partial charge in [-0.15, -0.1) is 0 Å². The highest BCUT2D eigenvalue weighted by molar-refractivity contribution is 6.39. The first-order chi connectivity index (χ1) is 10.6. The number of halogens is 1. The third-order valence-corrected chi connectivity index (χ3v) is 3.81. The molecule has 3 rings (SSSR count). The maximum absolute atomic E-state index is 12.2. The predicted octanol–water partition coefficient (Wildman–Crippen LogP) is 2.28. The van der Waals surface area contributed by atoms with Crippen molar-refractivity contribution in [2.24, 2.45) is 0 Å². The molecule has 1 aliphatic rings. The third-order valence-electron chi connectivity index (χ3n) is 3.60. The number of carbonyl (C=O) groups is 2. The summed E-state index contributed by atoms with van der Waals surface area (Å²) in [4.78, 5) is 29.5. The molecule has 1 unspecified atom stereocenters. The lowest BCUT2D eigenvalue weighted by Gasteiger charge is -2.15. The number of amides is 2. The number of aromatic nitrogens is 1. The molecule has 1 saturated heterocycles. The monoisotopic (exact) mass is 319 g/mol. The molecule has 1 N–H and O–H groups in total. The number of pyridine rings is 1. The number of likely N-dealkylation sites (tertiary alicyclic amines) is 1. The van der Waals surface area contributed by atoms with Crippen LogP contribution in [0.2, 0.25) is 5.15 Å². The van der Waals surface area contributed by atoms with Crippen LogP contribution in [-0.4, -0.2) is 34.8 Å². The number of anilines is 1. The summed E-state index contributed by atoms with van der Waals surface area (Å²) in [6, 6.07) is 6.77. The van der Waals surface area contributed by atoms with Crippen molar-refractivity contribution in [1.29, 1.82) is 0 Å². The van der Waals surface area contributed by atoms with E-state index in [0.717, 1.165) is 12.2 Å². The Hall–Kier alpha value is -2.34. The van der Waals surface area contributed by atoms with Crippen LogP contribution in [0.25, 0.3) is 0 Å². The van der Waals surface area contributed by atoms with E-state index in [0.29, 0.717) is 18.8 Å². The van der Waals surface area contributed by atoms with E-state index in [1.165, 1.54) is 17.2 Å². The molecular formula is C15H14ClN3O3. The molecule has 0 saturated carbocycles. The summed E-state index contributed by atoms with van der Waals surface area (Å²) in [5.41, 5.74) is 0.445. The van der Waals surface area contributed by atoms with E-state index in [2.05, 4.69) is 10.3 Å². The lowest BCUT2D eigenvalue weighted by atomic mass is 10.1. The molecule has 2 aromatic heterocycles. The lowest BCUT2D eigenvalue weighted by molar-refractivity contribution is -0.142. The van der Waals surface area contributed by atoms with Gasteiger partial charge in [-0.1, -0.05) is 11.6 Å². The zero-order valence-corrected chi connectivity index (χ0v) is 12.4. The minimum absolute atomic E-state index is 0.141. The highest BCUT2D eigenvalue weighted by Crippen LogP contribution is 2.27. The van der Waals surface area contributed by atoms with Crippen LogP contribution in [0.15, 0.2) is 41.1 Å². The fraction of sp³-hybridized carbons (Fsp3) is 0.267. The topological polar surface area (TPSA) is 75.4 Å². The SMILES string of the molecule is O=C(Nc1ccnc(Cl)c1)C(=O)N1CCC(c2ccco2)C1. The lowest BCUT2D eigenvalue weighted by Crippen LogP contribution is -2.38. The molecule has 6 nitrogen and oxygen atoms in total. The van der Waals surface area contributed by atoms with Crippen molar-refractivity contribution < 1.29 is 14.0 Å². The number of hydrogen-bond acceptors (Lipinski definition) is 4. The molecule has 3 heterocycles. The van der Waals surface area contributed by atoms with Crippen LogP contribution >= 0.6 is 11.6 Å². The van der Waals surface area contributed by atoms with Crippen molar-refractivity contribution >= 4 is 29.1 Å². The van der Waals surface area contributed by atoms with E-state index in [-0.39, 0.29) is 11.1 Å². The first kappa shape index (κ1) is 14.6. The van der Waals surface area contributed by atoms with E-state index in [4.69, 9.17) is 16.0 Å². The number of hydrogen-bond donors (Lipinski definition) is 1. The molecule has 0 radical (unpaired) electrons. The summed E-state index contributed by atoms with van der Waals surface area (Å²) in [5, 5.41) is 2.78. The highest BCUT2D eigenvalue weighted by atomic mass is 35.5. The first-order valence-electron chi connectivity index (χ1n) is 6.88. The van der Waals surface area contributed by atoms with Crippen molar-refractivity contribution in [3.05, 3.63) is 47.6 Å². The van der Waals surface area contributed by atoms with Crippen molar-refractivity contribution in [3.63, 3.8) is 0 Å². The minimum Gasteiger partial charge on any atom is -0.469 e. The van der Waals surface area contributed by atoms with Crippen LogP contribution in [0, 0.1) is 0 Å². The highest BCUT2D eigenvalue weighted by Gasteiger charge is 2.32. The van der Waals surface area contributed by atoms with Gasteiger partial charge in [-0.3, -0.25) is 9.59 Å². The van der Waals surface area contributed by atoms with E-state index in [1.54, 1.807) is 12.3 Å². The Morgan fingerprint density at radius 3 is 3.00 bits per heavy atom. The Labute approximate surface area is 132 Å². The van der Waals surface area contributed by atoms with Gasteiger partial charge in [-0.05, 0) is 30.7 Å². The summed E-state index contributed by atoms with van der Waals surface area (Å²) in [7, 11) is 0. The van der Waals surface area contributed by atoms with Crippen LogP contribution in [0.5, 0.6) is 0 Å². The Bertz CT molecular complexity index is 687. The van der Waals surface area contributed by atoms with Crippen LogP contribution in [0.1, 0.15) is 18.1 Å². The Morgan fingerprint density at radius 1 is 1.41 bits per heavy atom. The number of furan rings is 1. The standard InChI is InChI=1S/C15H14ClN3O3/c16-13-8-11(3-5-17-13)18-14(20)15(21)19-6-4-10(9-19)12-2-1-7-22-12/h1-3,5,7-8,10H,4,6,9H2,(H,17,18,20). The van der Waals surface area contributed by atoms with Gasteiger partial charge in [0.25, 0.3) is 0 Å².